The van der Waals surface area contributed by atoms with Crippen molar-refractivity contribution in [2.24, 2.45) is 28.6 Å². The molecule has 6 heteroatoms. The summed E-state index contributed by atoms with van der Waals surface area (Å²) in [5, 5.41) is 11.8. The molecule has 6 nitrogen and oxygen atoms in total. The predicted molar refractivity (Wildman–Crippen MR) is 171 cm³/mol. The van der Waals surface area contributed by atoms with E-state index in [-0.39, 0.29) is 11.5 Å². The molecule has 1 N–H and O–H groups in total. The molecule has 5 aliphatic rings. The van der Waals surface area contributed by atoms with Gasteiger partial charge in [-0.15, -0.1) is 0 Å². The average molecular weight is 586 g/mol. The van der Waals surface area contributed by atoms with Gasteiger partial charge in [0.15, 0.2) is 11.5 Å². The molecule has 1 aromatic carbocycles. The van der Waals surface area contributed by atoms with Gasteiger partial charge in [0.25, 0.3) is 0 Å². The molecular formula is C37H51N3O3. The number of hydrogen-bond donors (Lipinski definition) is 1. The Labute approximate surface area is 258 Å². The van der Waals surface area contributed by atoms with Crippen molar-refractivity contribution in [1.82, 2.24) is 14.5 Å². The maximum atomic E-state index is 11.8. The van der Waals surface area contributed by atoms with Gasteiger partial charge in [0.2, 0.25) is 0 Å². The smallest absolute Gasteiger partial charge is 0.161 e. The number of aromatic nitrogens is 2. The van der Waals surface area contributed by atoms with Gasteiger partial charge < -0.3 is 24.0 Å². The number of allylic oxidation sites excluding steroid dienone is 1. The van der Waals surface area contributed by atoms with Crippen molar-refractivity contribution in [3.8, 4) is 11.5 Å². The Morgan fingerprint density at radius 2 is 1.93 bits per heavy atom. The predicted octanol–water partition coefficient (Wildman–Crippen LogP) is 7.14. The fourth-order valence-corrected chi connectivity index (χ4v) is 10.0. The minimum Gasteiger partial charge on any atom is -0.493 e. The lowest BCUT2D eigenvalue weighted by molar-refractivity contribution is -0.0662. The van der Waals surface area contributed by atoms with E-state index in [9.17, 15) is 5.11 Å². The van der Waals surface area contributed by atoms with E-state index in [1.165, 1.54) is 63.6 Å². The second-order valence-electron chi connectivity index (χ2n) is 14.7. The Hall–Kier alpha value is -2.57. The zero-order valence-corrected chi connectivity index (χ0v) is 26.5. The lowest BCUT2D eigenvalue weighted by Gasteiger charge is -2.58. The highest BCUT2D eigenvalue weighted by atomic mass is 16.5. The molecule has 0 radical (unpaired) electrons. The number of aryl methyl sites for hydroxylation is 1. The molecule has 4 aliphatic carbocycles. The third-order valence-electron chi connectivity index (χ3n) is 12.5. The maximum absolute atomic E-state index is 11.8. The Morgan fingerprint density at radius 3 is 2.72 bits per heavy atom. The molecule has 1 aromatic heterocycles. The Kier molecular flexibility index (Phi) is 7.96. The van der Waals surface area contributed by atoms with Crippen LogP contribution >= 0.6 is 0 Å². The van der Waals surface area contributed by atoms with Crippen molar-refractivity contribution in [1.29, 1.82) is 0 Å². The second-order valence-corrected chi connectivity index (χ2v) is 14.7. The topological polar surface area (TPSA) is 59.8 Å². The van der Waals surface area contributed by atoms with Crippen molar-refractivity contribution in [2.75, 3.05) is 26.8 Å². The number of nitrogens with zero attached hydrogens (tertiary/aromatic N) is 3. The Morgan fingerprint density at radius 1 is 1.07 bits per heavy atom. The van der Waals surface area contributed by atoms with Crippen LogP contribution in [0.5, 0.6) is 11.5 Å². The van der Waals surface area contributed by atoms with E-state index in [4.69, 9.17) is 9.47 Å². The standard InChI is InChI=1S/C37H51N3O3/c1-36-13-11-29(40-17-4-5-18-40)24-28(36)8-9-30-31(36)12-14-37(2)32(30)23-27(35(37)41)21-26-7-10-33(34(22-26)42-3)43-20-6-16-39-19-15-38-25-39/h7-8,10,15,19,21-22,25,29-32,35,41H,4-6,9,11-14,16-18,20,23-24H2,1-3H3/b27-21-/t29-,30+,31-,32-,35-,36-,37-/m0/s1. The molecule has 0 spiro atoms. The van der Waals surface area contributed by atoms with Gasteiger partial charge in [0, 0.05) is 30.4 Å². The van der Waals surface area contributed by atoms with Gasteiger partial charge in [-0.05, 0) is 124 Å². The molecule has 1 saturated heterocycles. The van der Waals surface area contributed by atoms with Crippen LogP contribution in [0.4, 0.5) is 0 Å². The van der Waals surface area contributed by atoms with Crippen LogP contribution in [-0.4, -0.2) is 58.5 Å². The van der Waals surface area contributed by atoms with Crippen LogP contribution in [0.2, 0.25) is 0 Å². The number of likely N-dealkylation sites (tertiary alicyclic amines) is 1. The minimum atomic E-state index is -0.382. The number of aliphatic hydroxyl groups excluding tert-OH is 1. The lowest BCUT2D eigenvalue weighted by atomic mass is 9.48. The van der Waals surface area contributed by atoms with Crippen LogP contribution in [0.15, 0.2) is 54.1 Å². The first kappa shape index (κ1) is 29.2. The van der Waals surface area contributed by atoms with Crippen molar-refractivity contribution in [3.05, 3.63) is 59.7 Å². The van der Waals surface area contributed by atoms with E-state index in [0.29, 0.717) is 23.9 Å². The monoisotopic (exact) mass is 585 g/mol. The van der Waals surface area contributed by atoms with Crippen LogP contribution in [0.1, 0.15) is 83.6 Å². The van der Waals surface area contributed by atoms with Crippen LogP contribution in [-0.2, 0) is 6.54 Å². The summed E-state index contributed by atoms with van der Waals surface area (Å²) < 4.78 is 13.9. The third-order valence-corrected chi connectivity index (χ3v) is 12.5. The molecular weight excluding hydrogens is 534 g/mol. The summed E-state index contributed by atoms with van der Waals surface area (Å²) in [6.07, 6.45) is 22.4. The van der Waals surface area contributed by atoms with E-state index < -0.39 is 0 Å². The van der Waals surface area contributed by atoms with E-state index >= 15 is 0 Å². The first-order chi connectivity index (χ1) is 20.9. The second kappa shape index (κ2) is 11.7. The molecule has 0 bridgehead atoms. The largest absolute Gasteiger partial charge is 0.493 e. The molecule has 232 valence electrons. The van der Waals surface area contributed by atoms with E-state index in [0.717, 1.165) is 54.8 Å². The number of ether oxygens (including phenoxy) is 2. The first-order valence-electron chi connectivity index (χ1n) is 17.0. The Balaban J connectivity index is 1.05. The van der Waals surface area contributed by atoms with Gasteiger partial charge >= 0.3 is 0 Å². The molecule has 4 fully saturated rings. The fourth-order valence-electron chi connectivity index (χ4n) is 10.0. The molecule has 0 unspecified atom stereocenters. The van der Waals surface area contributed by atoms with Gasteiger partial charge in [0.1, 0.15) is 0 Å². The number of benzene rings is 1. The highest BCUT2D eigenvalue weighted by molar-refractivity contribution is 5.60. The summed E-state index contributed by atoms with van der Waals surface area (Å²) in [6.45, 7) is 9.10. The number of fused-ring (bicyclic) bond motifs is 5. The molecule has 7 rings (SSSR count). The van der Waals surface area contributed by atoms with Crippen molar-refractivity contribution in [2.45, 2.75) is 96.7 Å². The third kappa shape index (κ3) is 5.27. The summed E-state index contributed by atoms with van der Waals surface area (Å²) in [7, 11) is 1.70. The first-order valence-corrected chi connectivity index (χ1v) is 17.0. The molecule has 7 atom stereocenters. The van der Waals surface area contributed by atoms with Crippen molar-refractivity contribution >= 4 is 6.08 Å². The van der Waals surface area contributed by atoms with Crippen molar-refractivity contribution < 1.29 is 14.6 Å². The van der Waals surface area contributed by atoms with E-state index in [1.807, 2.05) is 18.6 Å². The van der Waals surface area contributed by atoms with E-state index in [2.05, 4.69) is 52.6 Å². The maximum Gasteiger partial charge on any atom is 0.161 e. The Bertz CT molecular complexity index is 1340. The van der Waals surface area contributed by atoms with Crippen LogP contribution in [0.3, 0.4) is 0 Å². The number of methoxy groups -OCH3 is 1. The normalized spacial score (nSPS) is 36.6. The van der Waals surface area contributed by atoms with Crippen LogP contribution in [0, 0.1) is 28.6 Å². The molecule has 43 heavy (non-hydrogen) atoms. The summed E-state index contributed by atoms with van der Waals surface area (Å²) in [6, 6.07) is 6.96. The number of hydrogen-bond acceptors (Lipinski definition) is 5. The van der Waals surface area contributed by atoms with Gasteiger partial charge in [-0.1, -0.05) is 37.6 Å². The molecule has 1 aliphatic heterocycles. The summed E-state index contributed by atoms with van der Waals surface area (Å²) in [4.78, 5) is 6.88. The summed E-state index contributed by atoms with van der Waals surface area (Å²) >= 11 is 0. The zero-order chi connectivity index (χ0) is 29.6. The lowest BCUT2D eigenvalue weighted by Crippen LogP contribution is -2.52. The molecule has 2 heterocycles. The summed E-state index contributed by atoms with van der Waals surface area (Å²) in [5.41, 5.74) is 4.35. The van der Waals surface area contributed by atoms with Gasteiger partial charge in [0.05, 0.1) is 26.1 Å². The molecule has 2 aromatic rings. The van der Waals surface area contributed by atoms with Gasteiger partial charge in [-0.25, -0.2) is 4.98 Å². The highest BCUT2D eigenvalue weighted by Gasteiger charge is 2.59. The zero-order valence-electron chi connectivity index (χ0n) is 26.5. The SMILES string of the molecule is COc1cc(/C=C2/C[C@H]3[C@@H]4CC=C5C[C@@H](N6CCCC6)CC[C@]5(C)[C@H]4CC[C@]3(C)[C@H]2O)ccc1OCCCn1ccnc1. The molecule has 3 saturated carbocycles. The average Bonchev–Trinajstić information content (AvgIpc) is 3.79. The summed E-state index contributed by atoms with van der Waals surface area (Å²) in [5.74, 6) is 3.48. The minimum absolute atomic E-state index is 0.0379. The van der Waals surface area contributed by atoms with Crippen molar-refractivity contribution in [3.63, 3.8) is 0 Å². The highest BCUT2D eigenvalue weighted by Crippen LogP contribution is 2.66. The quantitative estimate of drug-likeness (QED) is 0.264. The van der Waals surface area contributed by atoms with Gasteiger partial charge in [-0.2, -0.15) is 0 Å². The van der Waals surface area contributed by atoms with E-state index in [1.54, 1.807) is 18.9 Å². The number of aliphatic hydroxyl groups is 1. The number of imidazole rings is 1. The van der Waals surface area contributed by atoms with Crippen LogP contribution < -0.4 is 9.47 Å². The number of rotatable bonds is 8. The fraction of sp³-hybridized carbons (Fsp3) is 0.649. The van der Waals surface area contributed by atoms with Crippen LogP contribution in [0.25, 0.3) is 6.08 Å². The molecule has 0 amide bonds. The van der Waals surface area contributed by atoms with Gasteiger partial charge in [-0.3, -0.25) is 0 Å².